The van der Waals surface area contributed by atoms with Gasteiger partial charge in [-0.25, -0.2) is 0 Å². The van der Waals surface area contributed by atoms with E-state index in [9.17, 15) is 14.9 Å². The highest BCUT2D eigenvalue weighted by Gasteiger charge is 2.25. The number of benzene rings is 1. The maximum Gasteiger partial charge on any atom is 0.288 e. The Kier molecular flexibility index (Phi) is 4.01. The minimum Gasteiger partial charge on any atom is -0.353 e. The molecule has 7 heteroatoms. The van der Waals surface area contributed by atoms with Gasteiger partial charge in [-0.15, -0.1) is 0 Å². The molecule has 2 rings (SSSR count). The highest BCUT2D eigenvalue weighted by molar-refractivity contribution is 6.32. The lowest BCUT2D eigenvalue weighted by Crippen LogP contribution is -2.53. The Balaban J connectivity index is 2.17. The van der Waals surface area contributed by atoms with E-state index >= 15 is 0 Å². The second-order valence-electron chi connectivity index (χ2n) is 4.48. The number of piperazine rings is 1. The molecule has 1 aromatic carbocycles. The summed E-state index contributed by atoms with van der Waals surface area (Å²) in [5.41, 5.74) is 0.672. The number of hydrogen-bond acceptors (Lipinski definition) is 4. The average Bonchev–Trinajstić information content (AvgIpc) is 2.37. The van der Waals surface area contributed by atoms with Crippen LogP contribution in [0.4, 0.5) is 5.69 Å². The van der Waals surface area contributed by atoms with Crippen molar-refractivity contribution in [3.05, 3.63) is 38.9 Å². The zero-order chi connectivity index (χ0) is 14.0. The smallest absolute Gasteiger partial charge is 0.288 e. The molecule has 0 aromatic heterocycles. The Bertz CT molecular complexity index is 521. The first-order valence-electron chi connectivity index (χ1n) is 5.93. The van der Waals surface area contributed by atoms with Crippen molar-refractivity contribution >= 4 is 23.2 Å². The van der Waals surface area contributed by atoms with Crippen LogP contribution >= 0.6 is 11.6 Å². The van der Waals surface area contributed by atoms with E-state index in [1.165, 1.54) is 12.1 Å². The fourth-order valence-corrected chi connectivity index (χ4v) is 2.26. The number of carbonyl (C=O) groups is 1. The molecule has 0 radical (unpaired) electrons. The van der Waals surface area contributed by atoms with Crippen LogP contribution in [0.15, 0.2) is 18.2 Å². The van der Waals surface area contributed by atoms with Crippen LogP contribution in [0.25, 0.3) is 0 Å². The summed E-state index contributed by atoms with van der Waals surface area (Å²) in [6, 6.07) is 4.49. The van der Waals surface area contributed by atoms with Gasteiger partial charge in [0, 0.05) is 25.7 Å². The molecule has 1 amide bonds. The first-order chi connectivity index (χ1) is 8.99. The van der Waals surface area contributed by atoms with Crippen LogP contribution in [0.1, 0.15) is 12.5 Å². The fourth-order valence-electron chi connectivity index (χ4n) is 2.08. The monoisotopic (exact) mass is 283 g/mol. The van der Waals surface area contributed by atoms with Gasteiger partial charge >= 0.3 is 0 Å². The molecule has 102 valence electrons. The quantitative estimate of drug-likeness (QED) is 0.675. The number of carbonyl (C=O) groups excluding carboxylic acids is 1. The summed E-state index contributed by atoms with van der Waals surface area (Å²) in [5.74, 6) is -0.0188. The van der Waals surface area contributed by atoms with Gasteiger partial charge in [0.25, 0.3) is 5.69 Å². The molecular weight excluding hydrogens is 270 g/mol. The van der Waals surface area contributed by atoms with Gasteiger partial charge in [-0.2, -0.15) is 0 Å². The molecule has 1 heterocycles. The van der Waals surface area contributed by atoms with E-state index in [0.717, 1.165) is 12.1 Å². The number of halogens is 1. The van der Waals surface area contributed by atoms with E-state index in [2.05, 4.69) is 5.32 Å². The van der Waals surface area contributed by atoms with Crippen LogP contribution in [0.3, 0.4) is 0 Å². The van der Waals surface area contributed by atoms with Crippen LogP contribution in [-0.2, 0) is 11.3 Å². The van der Waals surface area contributed by atoms with Crippen LogP contribution < -0.4 is 5.32 Å². The number of amides is 1. The second kappa shape index (κ2) is 5.54. The summed E-state index contributed by atoms with van der Waals surface area (Å²) < 4.78 is 0. The molecule has 1 aromatic rings. The first-order valence-corrected chi connectivity index (χ1v) is 6.31. The molecule has 6 nitrogen and oxygen atoms in total. The van der Waals surface area contributed by atoms with E-state index in [1.54, 1.807) is 6.07 Å². The van der Waals surface area contributed by atoms with Crippen LogP contribution in [0, 0.1) is 10.1 Å². The highest BCUT2D eigenvalue weighted by Crippen LogP contribution is 2.26. The van der Waals surface area contributed by atoms with E-state index in [-0.39, 0.29) is 22.7 Å². The van der Waals surface area contributed by atoms with Crippen LogP contribution in [-0.4, -0.2) is 34.9 Å². The maximum absolute atomic E-state index is 11.5. The molecule has 19 heavy (non-hydrogen) atoms. The Morgan fingerprint density at radius 1 is 1.58 bits per heavy atom. The predicted molar refractivity (Wildman–Crippen MR) is 71.0 cm³/mol. The summed E-state index contributed by atoms with van der Waals surface area (Å²) in [6.45, 7) is 3.63. The number of hydrogen-bond donors (Lipinski definition) is 1. The Morgan fingerprint density at radius 3 is 3.00 bits per heavy atom. The van der Waals surface area contributed by atoms with Gasteiger partial charge in [0.15, 0.2) is 0 Å². The minimum atomic E-state index is -0.502. The maximum atomic E-state index is 11.5. The number of nitro benzene ring substituents is 1. The summed E-state index contributed by atoms with van der Waals surface area (Å²) in [4.78, 5) is 23.8. The lowest BCUT2D eigenvalue weighted by atomic mass is 10.1. The topological polar surface area (TPSA) is 75.5 Å². The van der Waals surface area contributed by atoms with Gasteiger partial charge < -0.3 is 5.32 Å². The van der Waals surface area contributed by atoms with Crippen molar-refractivity contribution in [3.63, 3.8) is 0 Å². The van der Waals surface area contributed by atoms with Crippen molar-refractivity contribution in [2.24, 2.45) is 0 Å². The Hall–Kier alpha value is -1.66. The number of rotatable bonds is 3. The zero-order valence-corrected chi connectivity index (χ0v) is 11.2. The van der Waals surface area contributed by atoms with E-state index in [1.807, 2.05) is 11.8 Å². The Labute approximate surface area is 115 Å². The molecule has 1 saturated heterocycles. The van der Waals surface area contributed by atoms with E-state index in [0.29, 0.717) is 13.1 Å². The van der Waals surface area contributed by atoms with Gasteiger partial charge in [-0.1, -0.05) is 17.7 Å². The largest absolute Gasteiger partial charge is 0.353 e. The van der Waals surface area contributed by atoms with Crippen molar-refractivity contribution in [2.45, 2.75) is 19.5 Å². The van der Waals surface area contributed by atoms with E-state index < -0.39 is 4.92 Å². The molecule has 1 aliphatic heterocycles. The number of nitrogens with one attached hydrogen (secondary N) is 1. The summed E-state index contributed by atoms with van der Waals surface area (Å²) in [5, 5.41) is 13.7. The van der Waals surface area contributed by atoms with Crippen molar-refractivity contribution in [1.82, 2.24) is 10.2 Å². The lowest BCUT2D eigenvalue weighted by Gasteiger charge is -2.32. The molecule has 1 atom stereocenters. The van der Waals surface area contributed by atoms with Gasteiger partial charge in [0.1, 0.15) is 5.02 Å². The molecule has 1 N–H and O–H groups in total. The molecule has 1 aliphatic rings. The SMILES string of the molecule is CC1C(=O)NCCN1Cc1ccc(Cl)c([N+](=O)[O-])c1. The summed E-state index contributed by atoms with van der Waals surface area (Å²) >= 11 is 5.77. The number of nitro groups is 1. The number of nitrogens with zero attached hydrogens (tertiary/aromatic N) is 2. The standard InChI is InChI=1S/C12H14ClN3O3/c1-8-12(17)14-4-5-15(8)7-9-2-3-10(13)11(6-9)16(18)19/h2-3,6,8H,4-5,7H2,1H3,(H,14,17). The average molecular weight is 284 g/mol. The third-order valence-corrected chi connectivity index (χ3v) is 3.54. The summed E-state index contributed by atoms with van der Waals surface area (Å²) in [7, 11) is 0. The van der Waals surface area contributed by atoms with Gasteiger partial charge in [-0.3, -0.25) is 19.8 Å². The Morgan fingerprint density at radius 2 is 2.32 bits per heavy atom. The molecule has 0 saturated carbocycles. The first kappa shape index (κ1) is 13.8. The molecule has 0 spiro atoms. The van der Waals surface area contributed by atoms with Crippen molar-refractivity contribution < 1.29 is 9.72 Å². The van der Waals surface area contributed by atoms with Crippen molar-refractivity contribution in [1.29, 1.82) is 0 Å². The normalized spacial score (nSPS) is 20.1. The zero-order valence-electron chi connectivity index (χ0n) is 10.4. The lowest BCUT2D eigenvalue weighted by molar-refractivity contribution is -0.384. The van der Waals surface area contributed by atoms with Gasteiger partial charge in [0.05, 0.1) is 11.0 Å². The molecule has 1 unspecified atom stereocenters. The molecular formula is C12H14ClN3O3. The molecule has 1 fully saturated rings. The predicted octanol–water partition coefficient (Wildman–Crippen LogP) is 1.57. The third kappa shape index (κ3) is 3.02. The van der Waals surface area contributed by atoms with Crippen LogP contribution in [0.2, 0.25) is 5.02 Å². The van der Waals surface area contributed by atoms with Crippen molar-refractivity contribution in [2.75, 3.05) is 13.1 Å². The van der Waals surface area contributed by atoms with Crippen LogP contribution in [0.5, 0.6) is 0 Å². The third-order valence-electron chi connectivity index (χ3n) is 3.22. The van der Waals surface area contributed by atoms with Crippen molar-refractivity contribution in [3.8, 4) is 0 Å². The fraction of sp³-hybridized carbons (Fsp3) is 0.417. The van der Waals surface area contributed by atoms with Gasteiger partial charge in [-0.05, 0) is 18.6 Å². The molecule has 0 aliphatic carbocycles. The molecule has 0 bridgehead atoms. The minimum absolute atomic E-state index is 0.0188. The van der Waals surface area contributed by atoms with E-state index in [4.69, 9.17) is 11.6 Å². The summed E-state index contributed by atoms with van der Waals surface area (Å²) in [6.07, 6.45) is 0. The second-order valence-corrected chi connectivity index (χ2v) is 4.89. The van der Waals surface area contributed by atoms with Gasteiger partial charge in [0.2, 0.25) is 5.91 Å². The highest BCUT2D eigenvalue weighted by atomic mass is 35.5.